The molecule has 3 rings (SSSR count). The number of nitrogens with one attached hydrogen (secondary N) is 1. The number of para-hydroxylation sites is 2. The Morgan fingerprint density at radius 2 is 2.03 bits per heavy atom. The lowest BCUT2D eigenvalue weighted by Gasteiger charge is -2.08. The predicted octanol–water partition coefficient (Wildman–Crippen LogP) is 4.34. The summed E-state index contributed by atoms with van der Waals surface area (Å²) < 4.78 is 7.33. The van der Waals surface area contributed by atoms with Gasteiger partial charge >= 0.3 is 0 Å². The van der Waals surface area contributed by atoms with Gasteiger partial charge in [-0.25, -0.2) is 0 Å². The standard InChI is InChI=1S/C18H15Cl2N5O4S/c1-24-16(9-29-15-8-11(19)6-7-12(15)20)22-23-18(24)30-10-17(26)21-13-4-2-3-5-14(13)25(27)28/h2-8H,9-10H2,1H3,(H,21,26). The lowest BCUT2D eigenvalue weighted by molar-refractivity contribution is -0.383. The number of aromatic nitrogens is 3. The summed E-state index contributed by atoms with van der Waals surface area (Å²) in [6.07, 6.45) is 0. The minimum Gasteiger partial charge on any atom is -0.484 e. The molecular formula is C18H15Cl2N5O4S. The first kappa shape index (κ1) is 21.9. The van der Waals surface area contributed by atoms with Crippen molar-refractivity contribution in [1.29, 1.82) is 0 Å². The zero-order valence-electron chi connectivity index (χ0n) is 15.5. The quantitative estimate of drug-likeness (QED) is 0.297. The summed E-state index contributed by atoms with van der Waals surface area (Å²) in [5.74, 6) is 0.539. The molecule has 0 aliphatic rings. The number of amides is 1. The maximum Gasteiger partial charge on any atom is 0.292 e. The molecule has 1 aromatic heterocycles. The van der Waals surface area contributed by atoms with Gasteiger partial charge in [0.05, 0.1) is 15.7 Å². The van der Waals surface area contributed by atoms with Crippen LogP contribution < -0.4 is 10.1 Å². The molecule has 0 saturated carbocycles. The molecule has 0 radical (unpaired) electrons. The van der Waals surface area contributed by atoms with Crippen molar-refractivity contribution in [3.8, 4) is 5.75 Å². The Labute approximate surface area is 185 Å². The Morgan fingerprint density at radius 1 is 1.27 bits per heavy atom. The van der Waals surface area contributed by atoms with E-state index < -0.39 is 10.8 Å². The van der Waals surface area contributed by atoms with Gasteiger partial charge in [-0.15, -0.1) is 10.2 Å². The fourth-order valence-corrected chi connectivity index (χ4v) is 3.45. The maximum absolute atomic E-state index is 12.2. The molecule has 0 unspecified atom stereocenters. The van der Waals surface area contributed by atoms with Crippen molar-refractivity contribution in [3.05, 3.63) is 68.4 Å². The topological polar surface area (TPSA) is 112 Å². The smallest absolute Gasteiger partial charge is 0.292 e. The van der Waals surface area contributed by atoms with Gasteiger partial charge in [0.25, 0.3) is 5.69 Å². The van der Waals surface area contributed by atoms with Gasteiger partial charge in [0.2, 0.25) is 5.91 Å². The van der Waals surface area contributed by atoms with Crippen LogP contribution in [0.4, 0.5) is 11.4 Å². The molecule has 0 saturated heterocycles. The number of nitrogens with zero attached hydrogens (tertiary/aromatic N) is 4. The molecular weight excluding hydrogens is 453 g/mol. The summed E-state index contributed by atoms with van der Waals surface area (Å²) in [5.41, 5.74) is -0.0350. The first-order valence-electron chi connectivity index (χ1n) is 8.47. The number of anilines is 1. The first-order valence-corrected chi connectivity index (χ1v) is 10.2. The molecule has 0 atom stereocenters. The predicted molar refractivity (Wildman–Crippen MR) is 114 cm³/mol. The highest BCUT2D eigenvalue weighted by Gasteiger charge is 2.16. The second-order valence-electron chi connectivity index (χ2n) is 5.93. The molecule has 156 valence electrons. The van der Waals surface area contributed by atoms with Gasteiger partial charge in [-0.05, 0) is 18.2 Å². The van der Waals surface area contributed by atoms with Crippen molar-refractivity contribution in [2.24, 2.45) is 7.05 Å². The zero-order chi connectivity index (χ0) is 21.7. The van der Waals surface area contributed by atoms with Crippen LogP contribution in [0.1, 0.15) is 5.82 Å². The van der Waals surface area contributed by atoms with Gasteiger partial charge in [0.1, 0.15) is 18.0 Å². The van der Waals surface area contributed by atoms with Crippen LogP contribution >= 0.6 is 35.0 Å². The summed E-state index contributed by atoms with van der Waals surface area (Å²) in [6, 6.07) is 10.8. The van der Waals surface area contributed by atoms with Crippen molar-refractivity contribution in [3.63, 3.8) is 0 Å². The summed E-state index contributed by atoms with van der Waals surface area (Å²) in [6.45, 7) is 0.104. The number of benzene rings is 2. The van der Waals surface area contributed by atoms with E-state index in [-0.39, 0.29) is 23.7 Å². The summed E-state index contributed by atoms with van der Waals surface area (Å²) in [5, 5.41) is 23.1. The van der Waals surface area contributed by atoms with Gasteiger partial charge in [-0.2, -0.15) is 0 Å². The summed E-state index contributed by atoms with van der Waals surface area (Å²) in [7, 11) is 1.74. The Kier molecular flexibility index (Phi) is 7.14. The third-order valence-corrected chi connectivity index (χ3v) is 5.45. The largest absolute Gasteiger partial charge is 0.484 e. The number of rotatable bonds is 8. The van der Waals surface area contributed by atoms with Crippen molar-refractivity contribution < 1.29 is 14.5 Å². The number of hydrogen-bond donors (Lipinski definition) is 1. The van der Waals surface area contributed by atoms with Gasteiger partial charge in [-0.1, -0.05) is 47.1 Å². The van der Waals surface area contributed by atoms with E-state index >= 15 is 0 Å². The van der Waals surface area contributed by atoms with Crippen LogP contribution in [-0.4, -0.2) is 31.3 Å². The van der Waals surface area contributed by atoms with E-state index in [9.17, 15) is 14.9 Å². The highest BCUT2D eigenvalue weighted by Crippen LogP contribution is 2.28. The van der Waals surface area contributed by atoms with Gasteiger partial charge in [0, 0.05) is 24.2 Å². The van der Waals surface area contributed by atoms with E-state index in [4.69, 9.17) is 27.9 Å². The molecule has 30 heavy (non-hydrogen) atoms. The fraction of sp³-hybridized carbons (Fsp3) is 0.167. The molecule has 0 aliphatic carbocycles. The zero-order valence-corrected chi connectivity index (χ0v) is 17.9. The van der Waals surface area contributed by atoms with Crippen LogP contribution in [0.15, 0.2) is 47.6 Å². The third-order valence-electron chi connectivity index (χ3n) is 3.88. The van der Waals surface area contributed by atoms with Crippen molar-refractivity contribution in [2.75, 3.05) is 11.1 Å². The van der Waals surface area contributed by atoms with E-state index in [1.54, 1.807) is 35.9 Å². The average Bonchev–Trinajstić information content (AvgIpc) is 3.07. The molecule has 0 bridgehead atoms. The SMILES string of the molecule is Cn1c(COc2cc(Cl)ccc2Cl)nnc1SCC(=O)Nc1ccccc1[N+](=O)[O-]. The molecule has 0 spiro atoms. The normalized spacial score (nSPS) is 10.6. The van der Waals surface area contributed by atoms with Crippen LogP contribution in [0, 0.1) is 10.1 Å². The average molecular weight is 468 g/mol. The molecule has 9 nitrogen and oxygen atoms in total. The molecule has 12 heteroatoms. The van der Waals surface area contributed by atoms with Crippen LogP contribution in [-0.2, 0) is 18.4 Å². The monoisotopic (exact) mass is 467 g/mol. The number of nitro benzene ring substituents is 1. The van der Waals surface area contributed by atoms with E-state index in [1.165, 1.54) is 18.2 Å². The fourth-order valence-electron chi connectivity index (χ4n) is 2.38. The van der Waals surface area contributed by atoms with Gasteiger partial charge in [0.15, 0.2) is 11.0 Å². The van der Waals surface area contributed by atoms with Crippen molar-refractivity contribution in [2.45, 2.75) is 11.8 Å². The minimum atomic E-state index is -0.552. The Morgan fingerprint density at radius 3 is 2.80 bits per heavy atom. The lowest BCUT2D eigenvalue weighted by atomic mass is 10.2. The van der Waals surface area contributed by atoms with Gasteiger partial charge < -0.3 is 14.6 Å². The van der Waals surface area contributed by atoms with E-state index in [0.717, 1.165) is 11.8 Å². The number of thioether (sulfide) groups is 1. The third kappa shape index (κ3) is 5.41. The number of hydrogen-bond acceptors (Lipinski definition) is 7. The Bertz CT molecular complexity index is 1090. The summed E-state index contributed by atoms with van der Waals surface area (Å²) >= 11 is 13.2. The van der Waals surface area contributed by atoms with E-state index in [2.05, 4.69) is 15.5 Å². The van der Waals surface area contributed by atoms with Gasteiger partial charge in [-0.3, -0.25) is 14.9 Å². The van der Waals surface area contributed by atoms with Crippen LogP contribution in [0.2, 0.25) is 10.0 Å². The first-order chi connectivity index (χ1) is 14.3. The van der Waals surface area contributed by atoms with E-state index in [0.29, 0.717) is 26.8 Å². The Hall–Kier alpha value is -2.82. The van der Waals surface area contributed by atoms with E-state index in [1.807, 2.05) is 0 Å². The highest BCUT2D eigenvalue weighted by molar-refractivity contribution is 7.99. The maximum atomic E-state index is 12.2. The second kappa shape index (κ2) is 9.79. The van der Waals surface area contributed by atoms with Crippen molar-refractivity contribution in [1.82, 2.24) is 14.8 Å². The highest BCUT2D eigenvalue weighted by atomic mass is 35.5. The molecule has 2 aromatic carbocycles. The number of carbonyl (C=O) groups excluding carboxylic acids is 1. The van der Waals surface area contributed by atoms with Crippen LogP contribution in [0.5, 0.6) is 5.75 Å². The second-order valence-corrected chi connectivity index (χ2v) is 7.72. The van der Waals surface area contributed by atoms with Crippen LogP contribution in [0.25, 0.3) is 0 Å². The number of halogens is 2. The number of nitro groups is 1. The molecule has 1 N–H and O–H groups in total. The summed E-state index contributed by atoms with van der Waals surface area (Å²) in [4.78, 5) is 22.7. The lowest BCUT2D eigenvalue weighted by Crippen LogP contribution is -2.15. The molecule has 0 fully saturated rings. The molecule has 1 amide bonds. The van der Waals surface area contributed by atoms with Crippen LogP contribution in [0.3, 0.4) is 0 Å². The number of carbonyl (C=O) groups is 1. The molecule has 1 heterocycles. The molecule has 3 aromatic rings. The minimum absolute atomic E-state index is 0.000992. The Balaban J connectivity index is 1.58. The number of ether oxygens (including phenoxy) is 1. The van der Waals surface area contributed by atoms with Crippen molar-refractivity contribution >= 4 is 52.2 Å². The molecule has 0 aliphatic heterocycles.